The third-order valence-electron chi connectivity index (χ3n) is 6.38. The van der Waals surface area contributed by atoms with Crippen LogP contribution in [0.5, 0.6) is 0 Å². The molecule has 5 aromatic rings. The van der Waals surface area contributed by atoms with Crippen molar-refractivity contribution in [2.75, 3.05) is 5.32 Å². The molecule has 5 rings (SSSR count). The topological polar surface area (TPSA) is 86.0 Å². The molecule has 1 heterocycles. The quantitative estimate of drug-likeness (QED) is 0.181. The molecule has 0 bridgehead atoms. The van der Waals surface area contributed by atoms with Crippen molar-refractivity contribution >= 4 is 40.1 Å². The molecule has 0 aliphatic carbocycles. The summed E-state index contributed by atoms with van der Waals surface area (Å²) >= 11 is 5.98. The smallest absolute Gasteiger partial charge is 0.319 e. The number of aromatic amines is 1. The molecule has 38 heavy (non-hydrogen) atoms. The summed E-state index contributed by atoms with van der Waals surface area (Å²) in [7, 11) is 0. The summed E-state index contributed by atoms with van der Waals surface area (Å²) in [5.41, 5.74) is 4.24. The van der Waals surface area contributed by atoms with Crippen molar-refractivity contribution in [3.8, 4) is 0 Å². The molecule has 0 radical (unpaired) electrons. The lowest BCUT2D eigenvalue weighted by Gasteiger charge is -2.30. The summed E-state index contributed by atoms with van der Waals surface area (Å²) in [5.74, 6) is -0.149. The largest absolute Gasteiger partial charge is 0.361 e. The SMILES string of the molecule is O=C(Cc1c[nH]c2ccccc12)N[C@@H](c1ccccc1)[C@H](NC(=O)Nc1ccc(Cl)cc1)c1ccccc1. The van der Waals surface area contributed by atoms with E-state index in [1.54, 1.807) is 24.3 Å². The Kier molecular flexibility index (Phi) is 7.71. The van der Waals surface area contributed by atoms with E-state index in [0.717, 1.165) is 27.6 Å². The normalized spacial score (nSPS) is 12.4. The lowest BCUT2D eigenvalue weighted by Crippen LogP contribution is -2.42. The first kappa shape index (κ1) is 25.1. The van der Waals surface area contributed by atoms with Crippen LogP contribution in [0.1, 0.15) is 28.8 Å². The minimum atomic E-state index is -0.544. The van der Waals surface area contributed by atoms with Crippen LogP contribution in [0.2, 0.25) is 5.02 Å². The Bertz CT molecular complexity index is 1520. The predicted molar refractivity (Wildman–Crippen MR) is 152 cm³/mol. The van der Waals surface area contributed by atoms with E-state index in [2.05, 4.69) is 20.9 Å². The first-order valence-corrected chi connectivity index (χ1v) is 12.7. The molecule has 0 saturated heterocycles. The molecule has 4 aromatic carbocycles. The molecule has 0 spiro atoms. The van der Waals surface area contributed by atoms with Gasteiger partial charge in [0.05, 0.1) is 18.5 Å². The highest BCUT2D eigenvalue weighted by Crippen LogP contribution is 2.30. The number of hydrogen-bond donors (Lipinski definition) is 4. The molecule has 6 nitrogen and oxygen atoms in total. The maximum atomic E-state index is 13.4. The summed E-state index contributed by atoms with van der Waals surface area (Å²) < 4.78 is 0. The Morgan fingerprint density at radius 2 is 1.29 bits per heavy atom. The van der Waals surface area contributed by atoms with Crippen molar-refractivity contribution in [1.29, 1.82) is 0 Å². The first-order chi connectivity index (χ1) is 18.6. The summed E-state index contributed by atoms with van der Waals surface area (Å²) in [6.45, 7) is 0. The van der Waals surface area contributed by atoms with Gasteiger partial charge in [-0.3, -0.25) is 4.79 Å². The molecule has 7 heteroatoms. The molecule has 190 valence electrons. The van der Waals surface area contributed by atoms with Gasteiger partial charge in [-0.25, -0.2) is 4.79 Å². The summed E-state index contributed by atoms with van der Waals surface area (Å²) in [4.78, 5) is 29.8. The number of rotatable bonds is 8. The highest BCUT2D eigenvalue weighted by atomic mass is 35.5. The van der Waals surface area contributed by atoms with Crippen LogP contribution in [0, 0.1) is 0 Å². The number of H-pyrrole nitrogens is 1. The fourth-order valence-corrected chi connectivity index (χ4v) is 4.68. The van der Waals surface area contributed by atoms with Gasteiger partial charge in [0.2, 0.25) is 5.91 Å². The van der Waals surface area contributed by atoms with Crippen molar-refractivity contribution in [3.05, 3.63) is 137 Å². The van der Waals surface area contributed by atoms with Crippen LogP contribution >= 0.6 is 11.6 Å². The fourth-order valence-electron chi connectivity index (χ4n) is 4.56. The average molecular weight is 523 g/mol. The summed E-state index contributed by atoms with van der Waals surface area (Å²) in [6, 6.07) is 32.6. The van der Waals surface area contributed by atoms with Crippen molar-refractivity contribution < 1.29 is 9.59 Å². The monoisotopic (exact) mass is 522 g/mol. The van der Waals surface area contributed by atoms with Gasteiger partial charge in [-0.15, -0.1) is 0 Å². The fraction of sp³-hybridized carbons (Fsp3) is 0.0968. The Morgan fingerprint density at radius 1 is 0.711 bits per heavy atom. The number of urea groups is 1. The maximum Gasteiger partial charge on any atom is 0.319 e. The number of para-hydroxylation sites is 1. The van der Waals surface area contributed by atoms with Gasteiger partial charge < -0.3 is 20.9 Å². The van der Waals surface area contributed by atoms with Gasteiger partial charge in [-0.05, 0) is 47.0 Å². The molecule has 3 amide bonds. The minimum absolute atomic E-state index is 0.149. The minimum Gasteiger partial charge on any atom is -0.361 e. The molecule has 0 aliphatic rings. The van der Waals surface area contributed by atoms with Crippen molar-refractivity contribution in [1.82, 2.24) is 15.6 Å². The number of carbonyl (C=O) groups excluding carboxylic acids is 2. The van der Waals surface area contributed by atoms with Crippen LogP contribution in [-0.4, -0.2) is 16.9 Å². The lowest BCUT2D eigenvalue weighted by molar-refractivity contribution is -0.121. The standard InChI is InChI=1S/C31H27ClN4O2/c32-24-15-17-25(18-16-24)34-31(38)36-30(22-11-5-2-6-12-22)29(21-9-3-1-4-10-21)35-28(37)19-23-20-33-27-14-8-7-13-26(23)27/h1-18,20,29-30,33H,19H2,(H,35,37)(H2,34,36,38)/t29-,30+/m0/s1. The van der Waals surface area contributed by atoms with Crippen LogP contribution < -0.4 is 16.0 Å². The summed E-state index contributed by atoms with van der Waals surface area (Å²) in [5, 5.41) is 10.7. The van der Waals surface area contributed by atoms with Crippen molar-refractivity contribution in [2.24, 2.45) is 0 Å². The van der Waals surface area contributed by atoms with E-state index >= 15 is 0 Å². The molecular weight excluding hydrogens is 496 g/mol. The van der Waals surface area contributed by atoms with E-state index in [-0.39, 0.29) is 12.3 Å². The zero-order chi connectivity index (χ0) is 26.3. The van der Waals surface area contributed by atoms with Gasteiger partial charge in [0.1, 0.15) is 0 Å². The number of benzene rings is 4. The van der Waals surface area contributed by atoms with E-state index in [0.29, 0.717) is 10.7 Å². The Labute approximate surface area is 226 Å². The van der Waals surface area contributed by atoms with Gasteiger partial charge in [0, 0.05) is 27.8 Å². The van der Waals surface area contributed by atoms with Crippen molar-refractivity contribution in [3.63, 3.8) is 0 Å². The van der Waals surface area contributed by atoms with E-state index in [9.17, 15) is 9.59 Å². The Balaban J connectivity index is 1.43. The van der Waals surface area contributed by atoms with E-state index < -0.39 is 18.1 Å². The highest BCUT2D eigenvalue weighted by Gasteiger charge is 2.28. The molecule has 1 aromatic heterocycles. The van der Waals surface area contributed by atoms with Crippen LogP contribution in [-0.2, 0) is 11.2 Å². The van der Waals surface area contributed by atoms with Gasteiger partial charge in [-0.1, -0.05) is 90.5 Å². The van der Waals surface area contributed by atoms with Gasteiger partial charge in [-0.2, -0.15) is 0 Å². The van der Waals surface area contributed by atoms with Crippen LogP contribution in [0.15, 0.2) is 115 Å². The lowest BCUT2D eigenvalue weighted by atomic mass is 9.93. The Morgan fingerprint density at radius 3 is 1.95 bits per heavy atom. The van der Waals surface area contributed by atoms with Crippen LogP contribution in [0.25, 0.3) is 10.9 Å². The second-order valence-electron chi connectivity index (χ2n) is 8.99. The second kappa shape index (κ2) is 11.7. The molecule has 0 aliphatic heterocycles. The van der Waals surface area contributed by atoms with Crippen LogP contribution in [0.3, 0.4) is 0 Å². The number of nitrogens with one attached hydrogen (secondary N) is 4. The molecule has 0 fully saturated rings. The molecule has 2 atom stereocenters. The van der Waals surface area contributed by atoms with E-state index in [1.165, 1.54) is 0 Å². The number of carbonyl (C=O) groups is 2. The zero-order valence-electron chi connectivity index (χ0n) is 20.5. The second-order valence-corrected chi connectivity index (χ2v) is 9.42. The first-order valence-electron chi connectivity index (χ1n) is 12.3. The van der Waals surface area contributed by atoms with Gasteiger partial charge in [0.25, 0.3) is 0 Å². The predicted octanol–water partition coefficient (Wildman–Crippen LogP) is 6.78. The average Bonchev–Trinajstić information content (AvgIpc) is 3.35. The number of aromatic nitrogens is 1. The van der Waals surface area contributed by atoms with Crippen molar-refractivity contribution in [2.45, 2.75) is 18.5 Å². The number of halogens is 1. The number of hydrogen-bond acceptors (Lipinski definition) is 2. The third-order valence-corrected chi connectivity index (χ3v) is 6.63. The molecular formula is C31H27ClN4O2. The van der Waals surface area contributed by atoms with Gasteiger partial charge in [0.15, 0.2) is 0 Å². The number of amides is 3. The van der Waals surface area contributed by atoms with Crippen LogP contribution in [0.4, 0.5) is 10.5 Å². The maximum absolute atomic E-state index is 13.4. The highest BCUT2D eigenvalue weighted by molar-refractivity contribution is 6.30. The van der Waals surface area contributed by atoms with E-state index in [4.69, 9.17) is 11.6 Å². The molecule has 4 N–H and O–H groups in total. The molecule has 0 saturated carbocycles. The Hall–Kier alpha value is -4.55. The zero-order valence-corrected chi connectivity index (χ0v) is 21.3. The summed E-state index contributed by atoms with van der Waals surface area (Å²) in [6.07, 6.45) is 2.07. The number of anilines is 1. The van der Waals surface area contributed by atoms with E-state index in [1.807, 2.05) is 91.1 Å². The van der Waals surface area contributed by atoms with Gasteiger partial charge >= 0.3 is 6.03 Å². The number of fused-ring (bicyclic) bond motifs is 1. The third kappa shape index (κ3) is 6.05. The molecule has 0 unspecified atom stereocenters.